The molecule has 16 heavy (non-hydrogen) atoms. The highest BCUT2D eigenvalue weighted by molar-refractivity contribution is 7.84. The molecule has 2 N–H and O–H groups in total. The molecule has 0 bridgehead atoms. The van der Waals surface area contributed by atoms with E-state index in [1.807, 2.05) is 13.8 Å². The van der Waals surface area contributed by atoms with E-state index in [-0.39, 0.29) is 11.2 Å². The van der Waals surface area contributed by atoms with Crippen molar-refractivity contribution in [3.8, 4) is 0 Å². The standard InChI is InChI=1S/C11H20N2O2S/c1-8(16(3)15)4-5-13-11(14)9(2)10-6-12-7-10/h8,12H,4-7H2,1-3H3,(H,13,14). The Morgan fingerprint density at radius 2 is 2.19 bits per heavy atom. The molecule has 1 amide bonds. The summed E-state index contributed by atoms with van der Waals surface area (Å²) in [6.07, 6.45) is 2.45. The summed E-state index contributed by atoms with van der Waals surface area (Å²) in [6, 6.07) is 0. The largest absolute Gasteiger partial charge is 0.352 e. The summed E-state index contributed by atoms with van der Waals surface area (Å²) in [4.78, 5) is 11.7. The van der Waals surface area contributed by atoms with E-state index in [1.54, 1.807) is 6.26 Å². The van der Waals surface area contributed by atoms with Gasteiger partial charge in [0, 0.05) is 47.5 Å². The predicted molar refractivity (Wildman–Crippen MR) is 66.7 cm³/mol. The van der Waals surface area contributed by atoms with E-state index in [2.05, 4.69) is 10.6 Å². The van der Waals surface area contributed by atoms with Crippen LogP contribution in [0, 0.1) is 0 Å². The molecule has 92 valence electrons. The monoisotopic (exact) mass is 244 g/mol. The van der Waals surface area contributed by atoms with Crippen molar-refractivity contribution < 1.29 is 9.00 Å². The Morgan fingerprint density at radius 3 is 2.62 bits per heavy atom. The minimum Gasteiger partial charge on any atom is -0.352 e. The predicted octanol–water partition coefficient (Wildman–Crippen LogP) is 0.179. The van der Waals surface area contributed by atoms with Gasteiger partial charge < -0.3 is 10.6 Å². The van der Waals surface area contributed by atoms with Crippen LogP contribution in [0.5, 0.6) is 0 Å². The summed E-state index contributed by atoms with van der Waals surface area (Å²) >= 11 is 0. The van der Waals surface area contributed by atoms with E-state index < -0.39 is 10.8 Å². The van der Waals surface area contributed by atoms with Crippen molar-refractivity contribution in [2.24, 2.45) is 0 Å². The first kappa shape index (κ1) is 13.4. The molecule has 0 spiro atoms. The van der Waals surface area contributed by atoms with Gasteiger partial charge in [-0.25, -0.2) is 0 Å². The first-order valence-corrected chi connectivity index (χ1v) is 7.14. The van der Waals surface area contributed by atoms with Crippen LogP contribution in [-0.2, 0) is 15.6 Å². The third-order valence-electron chi connectivity index (χ3n) is 2.95. The lowest BCUT2D eigenvalue weighted by atomic mass is 10.0. The molecular formula is C11H20N2O2S. The molecule has 2 atom stereocenters. The number of amides is 1. The number of carbonyl (C=O) groups excluding carboxylic acids is 1. The molecule has 5 heteroatoms. The molecule has 1 heterocycles. The van der Waals surface area contributed by atoms with Crippen LogP contribution in [0.2, 0.25) is 0 Å². The van der Waals surface area contributed by atoms with Crippen LogP contribution in [0.3, 0.4) is 0 Å². The lowest BCUT2D eigenvalue weighted by Gasteiger charge is -2.21. The number of nitrogens with one attached hydrogen (secondary N) is 2. The Balaban J connectivity index is 2.28. The van der Waals surface area contributed by atoms with Gasteiger partial charge in [0.15, 0.2) is 0 Å². The van der Waals surface area contributed by atoms with Crippen LogP contribution in [0.1, 0.15) is 20.3 Å². The first-order valence-electron chi connectivity index (χ1n) is 5.52. The molecule has 0 aliphatic carbocycles. The number of rotatable bonds is 5. The minimum atomic E-state index is -0.808. The molecular weight excluding hydrogens is 224 g/mol. The number of hydrogen-bond acceptors (Lipinski definition) is 3. The number of carbonyl (C=O) groups is 1. The normalized spacial score (nSPS) is 18.6. The third kappa shape index (κ3) is 3.72. The van der Waals surface area contributed by atoms with Crippen LogP contribution < -0.4 is 10.6 Å². The van der Waals surface area contributed by atoms with E-state index in [9.17, 15) is 9.00 Å². The van der Waals surface area contributed by atoms with Gasteiger partial charge >= 0.3 is 0 Å². The zero-order valence-corrected chi connectivity index (χ0v) is 10.9. The van der Waals surface area contributed by atoms with Crippen LogP contribution >= 0.6 is 0 Å². The second-order valence-electron chi connectivity index (χ2n) is 4.19. The van der Waals surface area contributed by atoms with E-state index in [0.717, 1.165) is 25.1 Å². The van der Waals surface area contributed by atoms with Gasteiger partial charge in [-0.2, -0.15) is 0 Å². The summed E-state index contributed by atoms with van der Waals surface area (Å²) in [5.41, 5.74) is 2.01. The summed E-state index contributed by atoms with van der Waals surface area (Å²) in [6.45, 7) is 6.04. The molecule has 0 aromatic carbocycles. The highest BCUT2D eigenvalue weighted by Crippen LogP contribution is 2.08. The van der Waals surface area contributed by atoms with Crippen LogP contribution in [0.4, 0.5) is 0 Å². The molecule has 4 nitrogen and oxygen atoms in total. The molecule has 0 saturated carbocycles. The molecule has 1 fully saturated rings. The van der Waals surface area contributed by atoms with Crippen molar-refractivity contribution >= 4 is 16.7 Å². The zero-order valence-electron chi connectivity index (χ0n) is 10.1. The molecule has 0 aromatic rings. The lowest BCUT2D eigenvalue weighted by molar-refractivity contribution is -0.117. The van der Waals surface area contributed by atoms with Gasteiger partial charge in [0.1, 0.15) is 0 Å². The average Bonchev–Trinajstić information content (AvgIpc) is 2.14. The van der Waals surface area contributed by atoms with Crippen LogP contribution in [0.15, 0.2) is 11.1 Å². The Bertz CT molecular complexity index is 320. The number of hydrogen-bond donors (Lipinski definition) is 2. The van der Waals surface area contributed by atoms with E-state index in [1.165, 1.54) is 5.57 Å². The van der Waals surface area contributed by atoms with Gasteiger partial charge in [0.05, 0.1) is 0 Å². The molecule has 1 saturated heterocycles. The summed E-state index contributed by atoms with van der Waals surface area (Å²) in [5, 5.41) is 6.10. The third-order valence-corrected chi connectivity index (χ3v) is 4.32. The van der Waals surface area contributed by atoms with Gasteiger partial charge in [0.2, 0.25) is 5.91 Å². The van der Waals surface area contributed by atoms with Gasteiger partial charge in [-0.3, -0.25) is 9.00 Å². The fourth-order valence-electron chi connectivity index (χ4n) is 1.36. The highest BCUT2D eigenvalue weighted by atomic mass is 32.2. The maximum Gasteiger partial charge on any atom is 0.246 e. The Labute approximate surface area is 99.3 Å². The summed E-state index contributed by atoms with van der Waals surface area (Å²) < 4.78 is 11.1. The molecule has 1 aliphatic heterocycles. The molecule has 0 radical (unpaired) electrons. The Kier molecular flexibility index (Phi) is 5.15. The van der Waals surface area contributed by atoms with Crippen molar-refractivity contribution in [1.29, 1.82) is 0 Å². The quantitative estimate of drug-likeness (QED) is 0.678. The van der Waals surface area contributed by atoms with E-state index in [0.29, 0.717) is 6.54 Å². The Hall–Kier alpha value is -0.680. The fourth-order valence-corrected chi connectivity index (χ4v) is 1.81. The van der Waals surface area contributed by atoms with Gasteiger partial charge in [-0.1, -0.05) is 6.92 Å². The van der Waals surface area contributed by atoms with Crippen molar-refractivity contribution in [2.45, 2.75) is 25.5 Å². The maximum absolute atomic E-state index is 11.7. The van der Waals surface area contributed by atoms with Crippen LogP contribution in [0.25, 0.3) is 0 Å². The van der Waals surface area contributed by atoms with Crippen molar-refractivity contribution in [2.75, 3.05) is 25.9 Å². The van der Waals surface area contributed by atoms with Crippen molar-refractivity contribution in [3.05, 3.63) is 11.1 Å². The van der Waals surface area contributed by atoms with E-state index in [4.69, 9.17) is 0 Å². The van der Waals surface area contributed by atoms with Crippen molar-refractivity contribution in [3.63, 3.8) is 0 Å². The van der Waals surface area contributed by atoms with Gasteiger partial charge in [-0.15, -0.1) is 0 Å². The average molecular weight is 244 g/mol. The Morgan fingerprint density at radius 1 is 1.56 bits per heavy atom. The molecule has 0 aromatic heterocycles. The van der Waals surface area contributed by atoms with Crippen molar-refractivity contribution in [1.82, 2.24) is 10.6 Å². The fraction of sp³-hybridized carbons (Fsp3) is 0.727. The minimum absolute atomic E-state index is 0.00517. The molecule has 1 aliphatic rings. The highest BCUT2D eigenvalue weighted by Gasteiger charge is 2.15. The van der Waals surface area contributed by atoms with Gasteiger partial charge in [0.25, 0.3) is 0 Å². The topological polar surface area (TPSA) is 58.2 Å². The lowest BCUT2D eigenvalue weighted by Crippen LogP contribution is -2.38. The summed E-state index contributed by atoms with van der Waals surface area (Å²) in [7, 11) is -0.808. The first-order chi connectivity index (χ1) is 7.52. The van der Waals surface area contributed by atoms with Crippen LogP contribution in [-0.4, -0.2) is 41.3 Å². The second kappa shape index (κ2) is 6.15. The SMILES string of the molecule is CC(C(=O)NCCC(C)S(C)=O)=C1CNC1. The smallest absolute Gasteiger partial charge is 0.246 e. The van der Waals surface area contributed by atoms with E-state index >= 15 is 0 Å². The molecule has 2 unspecified atom stereocenters. The zero-order chi connectivity index (χ0) is 12.1. The second-order valence-corrected chi connectivity index (χ2v) is 5.99. The van der Waals surface area contributed by atoms with Gasteiger partial charge in [-0.05, 0) is 18.9 Å². The summed E-state index contributed by atoms with van der Waals surface area (Å²) in [5.74, 6) is 0.00517. The maximum atomic E-state index is 11.7. The molecule has 1 rings (SSSR count).